The molecular weight excluding hydrogens is 985 g/mol. The summed E-state index contributed by atoms with van der Waals surface area (Å²) in [6.45, 7) is 25.9. The molecule has 81 heavy (non-hydrogen) atoms. The minimum absolute atomic E-state index is 0.0853. The van der Waals surface area contributed by atoms with Crippen molar-refractivity contribution in [2.45, 2.75) is 105 Å². The normalized spacial score (nSPS) is 14.2. The largest absolute Gasteiger partial charge is 0.458 e. The second kappa shape index (κ2) is 20.1. The molecule has 0 spiro atoms. The lowest BCUT2D eigenvalue weighted by molar-refractivity contribution is -0.571. The highest BCUT2D eigenvalue weighted by molar-refractivity contribution is 6.09. The molecule has 0 fully saturated rings. The van der Waals surface area contributed by atoms with Gasteiger partial charge in [0.1, 0.15) is 17.3 Å². The van der Waals surface area contributed by atoms with Crippen molar-refractivity contribution in [3.05, 3.63) is 247 Å². The number of nitrogens with zero attached hydrogens (tertiary/aromatic N) is 4. The van der Waals surface area contributed by atoms with E-state index in [2.05, 4.69) is 173 Å². The van der Waals surface area contributed by atoms with Crippen LogP contribution in [0, 0.1) is 6.33 Å². The standard InChI is InChI=1S/C76H72N4O/c1-73(2,3)56-33-30-51(31-34-56)53-32-37-68-70(44-53)78(60-26-21-27-61(47-60)81-62-35-36-64-63-28-19-20-29-67(63)80(69(64)48-62)71-46-57(38-39-77-71)74(4,5)6)49-79(68)72-65(52-24-17-14-18-25-52)42-54(50-22-15-13-16-23-50)43-66(72)55-40-58(75(7,8)9)45-59(41-55)76(10,11)12/h13-48H,1-12H3/i13D,14D,15D,16D,17D,18D,22D,23D,24D,25D. The molecule has 0 N–H and O–H groups in total. The van der Waals surface area contributed by atoms with Crippen LogP contribution in [0.15, 0.2) is 218 Å². The van der Waals surface area contributed by atoms with Gasteiger partial charge in [-0.3, -0.25) is 13.7 Å². The number of para-hydroxylation sites is 1. The average molecular weight is 1070 g/mol. The number of hydrogen-bond acceptors (Lipinski definition) is 2. The van der Waals surface area contributed by atoms with Gasteiger partial charge in [0.2, 0.25) is 0 Å². The van der Waals surface area contributed by atoms with Gasteiger partial charge in [-0.1, -0.05) is 222 Å². The van der Waals surface area contributed by atoms with Gasteiger partial charge in [0.05, 0.1) is 47.1 Å². The first-order valence-electron chi connectivity index (χ1n) is 32.7. The molecule has 12 rings (SSSR count). The van der Waals surface area contributed by atoms with Crippen molar-refractivity contribution < 1.29 is 23.0 Å². The molecule has 0 amide bonds. The van der Waals surface area contributed by atoms with E-state index in [1.165, 1.54) is 5.56 Å². The van der Waals surface area contributed by atoms with E-state index in [0.29, 0.717) is 45.0 Å². The Bertz CT molecular complexity index is 4870. The number of fused-ring (bicyclic) bond motifs is 4. The zero-order valence-corrected chi connectivity index (χ0v) is 48.2. The van der Waals surface area contributed by atoms with Gasteiger partial charge in [-0.05, 0) is 155 Å². The molecule has 3 aromatic heterocycles. The number of imidazole rings is 1. The molecule has 402 valence electrons. The second-order valence-corrected chi connectivity index (χ2v) is 25.3. The molecule has 0 atom stereocenters. The predicted octanol–water partition coefficient (Wildman–Crippen LogP) is 19.8. The number of ether oxygens (including phenoxy) is 1. The van der Waals surface area contributed by atoms with Gasteiger partial charge < -0.3 is 4.74 Å². The summed E-state index contributed by atoms with van der Waals surface area (Å²) in [5.41, 5.74) is 10.7. The summed E-state index contributed by atoms with van der Waals surface area (Å²) in [4.78, 5) is 4.90. The quantitative estimate of drug-likeness (QED) is 0.107. The molecule has 0 saturated heterocycles. The molecule has 9 aromatic carbocycles. The minimum atomic E-state index is -0.582. The zero-order chi connectivity index (χ0) is 65.3. The molecule has 0 radical (unpaired) electrons. The number of benzene rings is 9. The van der Waals surface area contributed by atoms with E-state index in [4.69, 9.17) is 17.9 Å². The lowest BCUT2D eigenvalue weighted by Gasteiger charge is -2.27. The number of pyridine rings is 1. The van der Waals surface area contributed by atoms with Crippen LogP contribution < -0.4 is 9.30 Å². The molecule has 0 aliphatic carbocycles. The Morgan fingerprint density at radius 3 is 1.70 bits per heavy atom. The molecule has 12 aromatic rings. The van der Waals surface area contributed by atoms with Gasteiger partial charge in [0.25, 0.3) is 6.33 Å². The van der Waals surface area contributed by atoms with Crippen molar-refractivity contribution >= 4 is 32.8 Å². The lowest BCUT2D eigenvalue weighted by Crippen LogP contribution is -2.31. The number of aromatic nitrogens is 4. The van der Waals surface area contributed by atoms with Crippen LogP contribution in [0.2, 0.25) is 0 Å². The van der Waals surface area contributed by atoms with Crippen LogP contribution in [0.3, 0.4) is 0 Å². The summed E-state index contributed by atoms with van der Waals surface area (Å²) >= 11 is 0. The first kappa shape index (κ1) is 42.1. The Labute approximate surface area is 492 Å². The highest BCUT2D eigenvalue weighted by Crippen LogP contribution is 2.43. The second-order valence-electron chi connectivity index (χ2n) is 25.3. The van der Waals surface area contributed by atoms with Crippen LogP contribution in [0.5, 0.6) is 11.5 Å². The van der Waals surface area contributed by atoms with E-state index in [9.17, 15) is 5.48 Å². The Morgan fingerprint density at radius 1 is 0.432 bits per heavy atom. The Kier molecular flexibility index (Phi) is 10.4. The summed E-state index contributed by atoms with van der Waals surface area (Å²) in [6, 6.07) is 45.6. The third-order valence-corrected chi connectivity index (χ3v) is 15.4. The SMILES string of the molecule is [2H]c1c([2H])c([2H])c(-c2cc(-c3cc(C(C)(C)C)cc(C(C)(C)C)c3)c(-[n+]3[c-]n(-c4cccc(Oc5ccc6c7ccccc7n(-c7cc(C(C)(C)C)ccn7)c6c5)c4)c4cc(-c5ccc(C(C)(C)C)cc5)ccc43)c(-c3c([2H])c([2H])c([2H])c([2H])c3[2H])c2)c([2H])c1[2H]. The van der Waals surface area contributed by atoms with Gasteiger partial charge in [0.15, 0.2) is 0 Å². The Hall–Kier alpha value is -8.80. The maximum absolute atomic E-state index is 9.67. The fourth-order valence-electron chi connectivity index (χ4n) is 10.8. The van der Waals surface area contributed by atoms with E-state index in [1.807, 2.05) is 76.0 Å². The van der Waals surface area contributed by atoms with E-state index in [1.54, 1.807) is 12.1 Å². The van der Waals surface area contributed by atoms with Crippen LogP contribution in [-0.4, -0.2) is 14.1 Å². The van der Waals surface area contributed by atoms with Crippen molar-refractivity contribution in [3.63, 3.8) is 0 Å². The maximum atomic E-state index is 9.67. The van der Waals surface area contributed by atoms with E-state index < -0.39 is 60.4 Å². The van der Waals surface area contributed by atoms with Crippen molar-refractivity contribution in [2.75, 3.05) is 0 Å². The molecule has 0 unspecified atom stereocenters. The number of hydrogen-bond donors (Lipinski definition) is 0. The third-order valence-electron chi connectivity index (χ3n) is 15.4. The van der Waals surface area contributed by atoms with Gasteiger partial charge in [-0.25, -0.2) is 4.98 Å². The van der Waals surface area contributed by atoms with Crippen LogP contribution in [0.4, 0.5) is 0 Å². The first-order valence-corrected chi connectivity index (χ1v) is 27.7. The molecule has 0 saturated carbocycles. The number of rotatable bonds is 9. The van der Waals surface area contributed by atoms with Crippen molar-refractivity contribution in [2.24, 2.45) is 0 Å². The summed E-state index contributed by atoms with van der Waals surface area (Å²) in [5.74, 6) is 1.92. The average Bonchev–Trinajstić information content (AvgIpc) is 1.68. The van der Waals surface area contributed by atoms with Crippen LogP contribution >= 0.6 is 0 Å². The summed E-state index contributed by atoms with van der Waals surface area (Å²) in [6.07, 6.45) is 5.62. The summed E-state index contributed by atoms with van der Waals surface area (Å²) in [5, 5.41) is 2.13. The van der Waals surface area contributed by atoms with Gasteiger partial charge in [0, 0.05) is 23.0 Å². The van der Waals surface area contributed by atoms with Crippen molar-refractivity contribution in [3.8, 4) is 73.2 Å². The fraction of sp³-hybridized carbons (Fsp3) is 0.211. The predicted molar refractivity (Wildman–Crippen MR) is 339 cm³/mol. The molecule has 3 heterocycles. The van der Waals surface area contributed by atoms with E-state index in [0.717, 1.165) is 55.4 Å². The Morgan fingerprint density at radius 2 is 1.04 bits per heavy atom. The summed E-state index contributed by atoms with van der Waals surface area (Å²) in [7, 11) is 0. The van der Waals surface area contributed by atoms with Crippen molar-refractivity contribution in [1.82, 2.24) is 14.1 Å². The molecule has 0 bridgehead atoms. The molecule has 5 nitrogen and oxygen atoms in total. The molecule has 0 aliphatic rings. The Balaban J connectivity index is 1.15. The highest BCUT2D eigenvalue weighted by Gasteiger charge is 2.27. The minimum Gasteiger partial charge on any atom is -0.458 e. The maximum Gasteiger partial charge on any atom is 0.269 e. The third kappa shape index (κ3) is 10.3. The summed E-state index contributed by atoms with van der Waals surface area (Å²) < 4.78 is 104. The van der Waals surface area contributed by atoms with Gasteiger partial charge >= 0.3 is 0 Å². The van der Waals surface area contributed by atoms with Crippen molar-refractivity contribution in [1.29, 1.82) is 0 Å². The molecule has 0 aliphatic heterocycles. The fourth-order valence-corrected chi connectivity index (χ4v) is 10.8. The van der Waals surface area contributed by atoms with Gasteiger partial charge in [-0.2, -0.15) is 0 Å². The smallest absolute Gasteiger partial charge is 0.269 e. The van der Waals surface area contributed by atoms with Crippen LogP contribution in [-0.2, 0) is 21.7 Å². The monoisotopic (exact) mass is 1070 g/mol. The van der Waals surface area contributed by atoms with Gasteiger partial charge in [-0.15, -0.1) is 0 Å². The first-order chi connectivity index (χ1) is 42.8. The van der Waals surface area contributed by atoms with Crippen LogP contribution in [0.25, 0.3) is 94.5 Å². The zero-order valence-electron chi connectivity index (χ0n) is 58.2. The molecular formula is C76H72N4O. The lowest BCUT2D eigenvalue weighted by atomic mass is 9.78. The highest BCUT2D eigenvalue weighted by atomic mass is 16.5. The van der Waals surface area contributed by atoms with E-state index in [-0.39, 0.29) is 43.9 Å². The topological polar surface area (TPSA) is 35.9 Å². The van der Waals surface area contributed by atoms with Crippen LogP contribution in [0.1, 0.15) is 119 Å². The molecule has 5 heteroatoms. The van der Waals surface area contributed by atoms with E-state index >= 15 is 0 Å².